The summed E-state index contributed by atoms with van der Waals surface area (Å²) in [5, 5.41) is 9.73. The van der Waals surface area contributed by atoms with Crippen LogP contribution in [0.4, 0.5) is 13.2 Å². The molecular weight excluding hydrogens is 239 g/mol. The van der Waals surface area contributed by atoms with Crippen LogP contribution < -0.4 is 0 Å². The van der Waals surface area contributed by atoms with Gasteiger partial charge in [-0.1, -0.05) is 0 Å². The Morgan fingerprint density at radius 3 is 2.35 bits per heavy atom. The molecule has 7 heteroatoms. The summed E-state index contributed by atoms with van der Waals surface area (Å²) in [6.07, 6.45) is -5.35. The van der Waals surface area contributed by atoms with Gasteiger partial charge in [0.25, 0.3) is 0 Å². The number of halogens is 3. The van der Waals surface area contributed by atoms with Gasteiger partial charge in [-0.05, 0) is 6.07 Å². The van der Waals surface area contributed by atoms with Crippen LogP contribution in [0.25, 0.3) is 0 Å². The Morgan fingerprint density at radius 1 is 1.29 bits per heavy atom. The van der Waals surface area contributed by atoms with Crippen molar-refractivity contribution in [1.29, 1.82) is 0 Å². The highest BCUT2D eigenvalue weighted by Gasteiger charge is 2.36. The van der Waals surface area contributed by atoms with Gasteiger partial charge in [0, 0.05) is 32.2 Å². The van der Waals surface area contributed by atoms with Crippen LogP contribution in [0, 0.1) is 0 Å². The molecule has 1 aromatic rings. The smallest absolute Gasteiger partial charge is 0.383 e. The number of methoxy groups -OCH3 is 2. The maximum Gasteiger partial charge on any atom is 0.416 e. The van der Waals surface area contributed by atoms with Crippen LogP contribution in [0.5, 0.6) is 0 Å². The van der Waals surface area contributed by atoms with E-state index in [0.29, 0.717) is 0 Å². The molecule has 0 aliphatic carbocycles. The Balaban J connectivity index is 3.13. The maximum absolute atomic E-state index is 12.7. The number of ether oxygens (including phenoxy) is 2. The third-order valence-corrected chi connectivity index (χ3v) is 2.20. The predicted molar refractivity (Wildman–Crippen MR) is 52.0 cm³/mol. The first-order chi connectivity index (χ1) is 7.91. The lowest BCUT2D eigenvalue weighted by atomic mass is 10.0. The Kier molecular flexibility index (Phi) is 4.44. The van der Waals surface area contributed by atoms with Crippen LogP contribution in [0.2, 0.25) is 0 Å². The highest BCUT2D eigenvalue weighted by atomic mass is 19.4. The van der Waals surface area contributed by atoms with Gasteiger partial charge in [0.05, 0.1) is 5.56 Å². The summed E-state index contributed by atoms with van der Waals surface area (Å²) in [5.41, 5.74) is -1.34. The number of pyridine rings is 1. The van der Waals surface area contributed by atoms with Crippen LogP contribution in [0.15, 0.2) is 18.5 Å². The van der Waals surface area contributed by atoms with Gasteiger partial charge >= 0.3 is 6.18 Å². The molecule has 1 unspecified atom stereocenters. The average molecular weight is 251 g/mol. The van der Waals surface area contributed by atoms with E-state index in [1.54, 1.807) is 0 Å². The molecule has 4 nitrogen and oxygen atoms in total. The van der Waals surface area contributed by atoms with E-state index in [1.807, 2.05) is 0 Å². The Morgan fingerprint density at radius 2 is 1.88 bits per heavy atom. The topological polar surface area (TPSA) is 51.6 Å². The number of hydrogen-bond donors (Lipinski definition) is 1. The van der Waals surface area contributed by atoms with Gasteiger partial charge in [-0.25, -0.2) is 0 Å². The van der Waals surface area contributed by atoms with Gasteiger partial charge in [-0.3, -0.25) is 4.98 Å². The predicted octanol–water partition coefficient (Wildman–Crippen LogP) is 1.75. The van der Waals surface area contributed by atoms with Crippen molar-refractivity contribution in [3.63, 3.8) is 0 Å². The normalized spacial score (nSPS) is 14.1. The molecule has 0 aliphatic heterocycles. The molecule has 0 saturated heterocycles. The summed E-state index contributed by atoms with van der Waals surface area (Å²) in [7, 11) is 2.45. The molecule has 1 heterocycles. The van der Waals surface area contributed by atoms with E-state index < -0.39 is 24.1 Å². The number of alkyl halides is 3. The lowest BCUT2D eigenvalue weighted by Crippen LogP contribution is -2.25. The molecule has 0 saturated carbocycles. The van der Waals surface area contributed by atoms with Gasteiger partial charge in [-0.15, -0.1) is 0 Å². The quantitative estimate of drug-likeness (QED) is 0.828. The van der Waals surface area contributed by atoms with E-state index in [9.17, 15) is 18.3 Å². The molecular formula is C10H12F3NO3. The number of aliphatic hydroxyl groups is 1. The summed E-state index contributed by atoms with van der Waals surface area (Å²) in [6.45, 7) is 0. The second kappa shape index (κ2) is 5.44. The lowest BCUT2D eigenvalue weighted by Gasteiger charge is -2.22. The molecule has 1 N–H and O–H groups in total. The Labute approximate surface area is 96.0 Å². The summed E-state index contributed by atoms with van der Waals surface area (Å²) in [6, 6.07) is 0.793. The van der Waals surface area contributed by atoms with Crippen molar-refractivity contribution < 1.29 is 27.8 Å². The SMILES string of the molecule is COC(OC)C(O)c1cnccc1C(F)(F)F. The minimum absolute atomic E-state index is 0.381. The van der Waals surface area contributed by atoms with Crippen molar-refractivity contribution >= 4 is 0 Å². The molecule has 0 aliphatic rings. The number of aliphatic hydroxyl groups excluding tert-OH is 1. The fourth-order valence-electron chi connectivity index (χ4n) is 1.40. The summed E-state index contributed by atoms with van der Waals surface area (Å²) < 4.78 is 47.4. The fourth-order valence-corrected chi connectivity index (χ4v) is 1.40. The highest BCUT2D eigenvalue weighted by molar-refractivity contribution is 5.28. The van der Waals surface area contributed by atoms with Crippen molar-refractivity contribution in [3.05, 3.63) is 29.6 Å². The first kappa shape index (κ1) is 13.9. The zero-order valence-electron chi connectivity index (χ0n) is 9.23. The zero-order chi connectivity index (χ0) is 13.1. The Bertz CT molecular complexity index is 366. The number of aromatic nitrogens is 1. The molecule has 0 aromatic carbocycles. The standard InChI is InChI=1S/C10H12F3NO3/c1-16-9(17-2)8(15)6-5-14-4-3-7(6)10(11,12)13/h3-5,8-9,15H,1-2H3. The van der Waals surface area contributed by atoms with Crippen LogP contribution in [0.1, 0.15) is 17.2 Å². The number of nitrogens with zero attached hydrogens (tertiary/aromatic N) is 1. The summed E-state index contributed by atoms with van der Waals surface area (Å²) in [5.74, 6) is 0. The van der Waals surface area contributed by atoms with E-state index in [-0.39, 0.29) is 5.56 Å². The second-order valence-electron chi connectivity index (χ2n) is 3.25. The molecule has 1 rings (SSSR count). The van der Waals surface area contributed by atoms with Gasteiger partial charge in [0.1, 0.15) is 6.10 Å². The van der Waals surface area contributed by atoms with Crippen LogP contribution in [-0.2, 0) is 15.7 Å². The molecule has 0 amide bonds. The van der Waals surface area contributed by atoms with Gasteiger partial charge in [0.2, 0.25) is 0 Å². The lowest BCUT2D eigenvalue weighted by molar-refractivity contribution is -0.171. The molecule has 0 bridgehead atoms. The molecule has 1 atom stereocenters. The molecule has 0 fully saturated rings. The van der Waals surface area contributed by atoms with Crippen molar-refractivity contribution in [2.24, 2.45) is 0 Å². The first-order valence-corrected chi connectivity index (χ1v) is 4.66. The molecule has 96 valence electrons. The second-order valence-corrected chi connectivity index (χ2v) is 3.25. The third-order valence-electron chi connectivity index (χ3n) is 2.20. The van der Waals surface area contributed by atoms with Gasteiger partial charge in [0.15, 0.2) is 6.29 Å². The highest BCUT2D eigenvalue weighted by Crippen LogP contribution is 2.35. The van der Waals surface area contributed by atoms with E-state index in [0.717, 1.165) is 18.5 Å². The monoisotopic (exact) mass is 251 g/mol. The average Bonchev–Trinajstić information content (AvgIpc) is 2.29. The van der Waals surface area contributed by atoms with E-state index in [2.05, 4.69) is 4.98 Å². The molecule has 17 heavy (non-hydrogen) atoms. The number of hydrogen-bond acceptors (Lipinski definition) is 4. The zero-order valence-corrected chi connectivity index (χ0v) is 9.23. The van der Waals surface area contributed by atoms with Gasteiger partial charge < -0.3 is 14.6 Å². The van der Waals surface area contributed by atoms with Crippen molar-refractivity contribution in [2.45, 2.75) is 18.6 Å². The van der Waals surface area contributed by atoms with Crippen molar-refractivity contribution in [3.8, 4) is 0 Å². The fraction of sp³-hybridized carbons (Fsp3) is 0.500. The maximum atomic E-state index is 12.7. The first-order valence-electron chi connectivity index (χ1n) is 4.66. The molecule has 1 aromatic heterocycles. The van der Waals surface area contributed by atoms with E-state index in [4.69, 9.17) is 9.47 Å². The van der Waals surface area contributed by atoms with Crippen LogP contribution >= 0.6 is 0 Å². The minimum Gasteiger partial charge on any atom is -0.383 e. The molecule has 0 spiro atoms. The summed E-state index contributed by atoms with van der Waals surface area (Å²) >= 11 is 0. The Hall–Kier alpha value is -1.18. The van der Waals surface area contributed by atoms with E-state index in [1.165, 1.54) is 14.2 Å². The minimum atomic E-state index is -4.56. The molecule has 0 radical (unpaired) electrons. The number of rotatable bonds is 4. The van der Waals surface area contributed by atoms with Crippen LogP contribution in [-0.4, -0.2) is 30.6 Å². The van der Waals surface area contributed by atoms with Gasteiger partial charge in [-0.2, -0.15) is 13.2 Å². The van der Waals surface area contributed by atoms with Crippen LogP contribution in [0.3, 0.4) is 0 Å². The third kappa shape index (κ3) is 3.15. The van der Waals surface area contributed by atoms with Crippen molar-refractivity contribution in [2.75, 3.05) is 14.2 Å². The van der Waals surface area contributed by atoms with E-state index >= 15 is 0 Å². The summed E-state index contributed by atoms with van der Waals surface area (Å²) in [4.78, 5) is 3.56. The van der Waals surface area contributed by atoms with Crippen molar-refractivity contribution in [1.82, 2.24) is 4.98 Å². The largest absolute Gasteiger partial charge is 0.416 e.